The van der Waals surface area contributed by atoms with Crippen molar-refractivity contribution >= 4 is 23.1 Å². The zero-order valence-corrected chi connectivity index (χ0v) is 9.04. The zero-order chi connectivity index (χ0) is 9.31. The van der Waals surface area contributed by atoms with Crippen molar-refractivity contribution in [3.05, 3.63) is 16.1 Å². The number of aromatic nitrogens is 1. The van der Waals surface area contributed by atoms with Gasteiger partial charge in [0.2, 0.25) is 0 Å². The average molecular weight is 210 g/mol. The average Bonchev–Trinajstić information content (AvgIpc) is 2.73. The summed E-state index contributed by atoms with van der Waals surface area (Å²) in [5.74, 6) is 1.09. The summed E-state index contributed by atoms with van der Waals surface area (Å²) in [7, 11) is 0. The highest BCUT2D eigenvalue weighted by molar-refractivity contribution is 8.00. The number of aryl methyl sites for hydroxylation is 1. The molecule has 0 radical (unpaired) electrons. The van der Waals surface area contributed by atoms with Crippen molar-refractivity contribution in [2.45, 2.75) is 24.5 Å². The zero-order valence-electron chi connectivity index (χ0n) is 7.41. The summed E-state index contributed by atoms with van der Waals surface area (Å²) >= 11 is 3.36. The molecule has 0 bridgehead atoms. The molecule has 1 aliphatic rings. The minimum atomic E-state index is -0.321. The fourth-order valence-electron chi connectivity index (χ4n) is 1.48. The second kappa shape index (κ2) is 3.32. The van der Waals surface area contributed by atoms with Gasteiger partial charge in [-0.25, -0.2) is 4.98 Å². The predicted molar refractivity (Wildman–Crippen MR) is 55.8 cm³/mol. The first kappa shape index (κ1) is 9.04. The molecule has 0 saturated carbocycles. The molecule has 1 unspecified atom stereocenters. The van der Waals surface area contributed by atoms with E-state index in [1.54, 1.807) is 23.1 Å². The van der Waals surface area contributed by atoms with Gasteiger partial charge in [-0.1, -0.05) is 0 Å². The Labute approximate surface area is 86.0 Å². The summed E-state index contributed by atoms with van der Waals surface area (Å²) in [5.41, 5.74) is 1.03. The molecule has 0 spiro atoms. The van der Waals surface area contributed by atoms with Gasteiger partial charge < -0.3 is 0 Å². The smallest absolute Gasteiger partial charge is 0.154 e. The highest BCUT2D eigenvalue weighted by Gasteiger charge is 2.39. The summed E-state index contributed by atoms with van der Waals surface area (Å²) in [6, 6.07) is 2.42. The summed E-state index contributed by atoms with van der Waals surface area (Å²) in [5, 5.41) is 12.2. The quantitative estimate of drug-likeness (QED) is 0.715. The fourth-order valence-corrected chi connectivity index (χ4v) is 3.83. The van der Waals surface area contributed by atoms with Crippen LogP contribution in [0.3, 0.4) is 0 Å². The molecule has 0 aliphatic carbocycles. The largest absolute Gasteiger partial charge is 0.244 e. The Morgan fingerprint density at radius 3 is 3.00 bits per heavy atom. The molecule has 1 aromatic rings. The van der Waals surface area contributed by atoms with Gasteiger partial charge in [0.05, 0.1) is 6.07 Å². The van der Waals surface area contributed by atoms with Gasteiger partial charge in [0, 0.05) is 11.1 Å². The number of nitrogens with zero attached hydrogens (tertiary/aromatic N) is 2. The third-order valence-corrected chi connectivity index (χ3v) is 4.89. The van der Waals surface area contributed by atoms with Crippen molar-refractivity contribution in [1.82, 2.24) is 4.98 Å². The lowest BCUT2D eigenvalue weighted by molar-refractivity contribution is 0.712. The molecule has 1 aromatic heterocycles. The molecule has 1 atom stereocenters. The SMILES string of the molecule is Cc1csc(C2(C#N)CCCS2)n1. The minimum absolute atomic E-state index is 0.321. The first-order valence-electron chi connectivity index (χ1n) is 4.25. The van der Waals surface area contributed by atoms with E-state index in [9.17, 15) is 5.26 Å². The van der Waals surface area contributed by atoms with Crippen molar-refractivity contribution in [3.63, 3.8) is 0 Å². The Hall–Kier alpha value is -0.530. The van der Waals surface area contributed by atoms with Crippen molar-refractivity contribution in [2.24, 2.45) is 0 Å². The van der Waals surface area contributed by atoms with E-state index >= 15 is 0 Å². The summed E-state index contributed by atoms with van der Waals surface area (Å²) in [4.78, 5) is 4.41. The molecule has 0 N–H and O–H groups in total. The Bertz CT molecular complexity index is 345. The summed E-state index contributed by atoms with van der Waals surface area (Å²) < 4.78 is -0.321. The number of thiazole rings is 1. The van der Waals surface area contributed by atoms with Gasteiger partial charge in [0.25, 0.3) is 0 Å². The molecule has 0 amide bonds. The van der Waals surface area contributed by atoms with E-state index in [4.69, 9.17) is 0 Å². The van der Waals surface area contributed by atoms with Crippen molar-refractivity contribution in [2.75, 3.05) is 5.75 Å². The Morgan fingerprint density at radius 2 is 2.54 bits per heavy atom. The lowest BCUT2D eigenvalue weighted by Crippen LogP contribution is -2.14. The summed E-state index contributed by atoms with van der Waals surface area (Å²) in [6.07, 6.45) is 2.10. The van der Waals surface area contributed by atoms with Crippen LogP contribution in [0.5, 0.6) is 0 Å². The lowest BCUT2D eigenvalue weighted by atomic mass is 10.1. The maximum atomic E-state index is 9.18. The number of hydrogen-bond donors (Lipinski definition) is 0. The van der Waals surface area contributed by atoms with E-state index in [2.05, 4.69) is 11.1 Å². The lowest BCUT2D eigenvalue weighted by Gasteiger charge is -2.14. The van der Waals surface area contributed by atoms with Crippen LogP contribution in [0.15, 0.2) is 5.38 Å². The van der Waals surface area contributed by atoms with E-state index in [0.717, 1.165) is 29.3 Å². The standard InChI is InChI=1S/C9H10N2S2/c1-7-5-12-8(11-7)9(6-10)3-2-4-13-9/h5H,2-4H2,1H3. The first-order chi connectivity index (χ1) is 6.27. The molecule has 1 aliphatic heterocycles. The van der Waals surface area contributed by atoms with Gasteiger partial charge in [-0.15, -0.1) is 23.1 Å². The van der Waals surface area contributed by atoms with Crippen molar-refractivity contribution < 1.29 is 0 Å². The van der Waals surface area contributed by atoms with Crippen molar-refractivity contribution in [3.8, 4) is 6.07 Å². The van der Waals surface area contributed by atoms with Crippen LogP contribution in [0.2, 0.25) is 0 Å². The normalized spacial score (nSPS) is 27.4. The Kier molecular flexibility index (Phi) is 2.31. The van der Waals surface area contributed by atoms with Crippen LogP contribution in [0.1, 0.15) is 23.5 Å². The molecule has 2 rings (SSSR count). The maximum absolute atomic E-state index is 9.18. The van der Waals surface area contributed by atoms with Gasteiger partial charge in [0.15, 0.2) is 4.75 Å². The van der Waals surface area contributed by atoms with Gasteiger partial charge >= 0.3 is 0 Å². The van der Waals surface area contributed by atoms with Gasteiger partial charge in [0.1, 0.15) is 5.01 Å². The van der Waals surface area contributed by atoms with E-state index in [1.807, 2.05) is 12.3 Å². The third kappa shape index (κ3) is 1.47. The second-order valence-electron chi connectivity index (χ2n) is 3.18. The molecule has 68 valence electrons. The molecule has 2 heterocycles. The van der Waals surface area contributed by atoms with Crippen LogP contribution >= 0.6 is 23.1 Å². The van der Waals surface area contributed by atoms with E-state index in [-0.39, 0.29) is 4.75 Å². The molecule has 0 aromatic carbocycles. The highest BCUT2D eigenvalue weighted by atomic mass is 32.2. The molecule has 2 nitrogen and oxygen atoms in total. The molecule has 4 heteroatoms. The van der Waals surface area contributed by atoms with Crippen LogP contribution < -0.4 is 0 Å². The fraction of sp³-hybridized carbons (Fsp3) is 0.556. The Morgan fingerprint density at radius 1 is 1.69 bits per heavy atom. The number of rotatable bonds is 1. The van der Waals surface area contributed by atoms with Gasteiger partial charge in [-0.2, -0.15) is 5.26 Å². The van der Waals surface area contributed by atoms with Gasteiger partial charge in [-0.3, -0.25) is 0 Å². The van der Waals surface area contributed by atoms with Crippen LogP contribution in [0.25, 0.3) is 0 Å². The maximum Gasteiger partial charge on any atom is 0.154 e. The number of nitriles is 1. The minimum Gasteiger partial charge on any atom is -0.244 e. The molecule has 13 heavy (non-hydrogen) atoms. The molecule has 1 fully saturated rings. The van der Waals surface area contributed by atoms with Crippen LogP contribution in [0.4, 0.5) is 0 Å². The van der Waals surface area contributed by atoms with Gasteiger partial charge in [-0.05, 0) is 25.5 Å². The molecular formula is C9H10N2S2. The number of thioether (sulfide) groups is 1. The van der Waals surface area contributed by atoms with Crippen LogP contribution in [-0.4, -0.2) is 10.7 Å². The molecule has 1 saturated heterocycles. The molecular weight excluding hydrogens is 200 g/mol. The van der Waals surface area contributed by atoms with E-state index in [0.29, 0.717) is 0 Å². The number of hydrogen-bond acceptors (Lipinski definition) is 4. The Balaban J connectivity index is 2.37. The van der Waals surface area contributed by atoms with Crippen LogP contribution in [0, 0.1) is 18.3 Å². The van der Waals surface area contributed by atoms with E-state index < -0.39 is 0 Å². The predicted octanol–water partition coefficient (Wildman–Crippen LogP) is 2.70. The van der Waals surface area contributed by atoms with E-state index in [1.165, 1.54) is 0 Å². The topological polar surface area (TPSA) is 36.7 Å². The van der Waals surface area contributed by atoms with Crippen LogP contribution in [-0.2, 0) is 4.75 Å². The summed E-state index contributed by atoms with van der Waals surface area (Å²) in [6.45, 7) is 1.98. The first-order valence-corrected chi connectivity index (χ1v) is 6.11. The monoisotopic (exact) mass is 210 g/mol. The third-order valence-electron chi connectivity index (χ3n) is 2.17. The second-order valence-corrected chi connectivity index (χ2v) is 5.44. The highest BCUT2D eigenvalue weighted by Crippen LogP contribution is 2.46. The van der Waals surface area contributed by atoms with Crippen molar-refractivity contribution in [1.29, 1.82) is 5.26 Å².